The SMILES string of the molecule is CCCC[C@H](OCCOCCOCCOCCO)[C@H](O)C/C=C\CCCCCCCC(=O)OC. The first-order valence-corrected chi connectivity index (χ1v) is 13.0. The number of ether oxygens (including phenoxy) is 5. The lowest BCUT2D eigenvalue weighted by Crippen LogP contribution is -2.30. The smallest absolute Gasteiger partial charge is 0.305 e. The van der Waals surface area contributed by atoms with Crippen LogP contribution in [0.1, 0.15) is 77.6 Å². The third kappa shape index (κ3) is 22.7. The van der Waals surface area contributed by atoms with Crippen molar-refractivity contribution in [3.05, 3.63) is 12.2 Å². The van der Waals surface area contributed by atoms with Crippen LogP contribution in [0.2, 0.25) is 0 Å². The predicted octanol–water partition coefficient (Wildman–Crippen LogP) is 3.81. The maximum absolute atomic E-state index is 11.1. The second kappa shape index (κ2) is 26.6. The fourth-order valence-electron chi connectivity index (χ4n) is 3.33. The van der Waals surface area contributed by atoms with Gasteiger partial charge in [-0.15, -0.1) is 0 Å². The summed E-state index contributed by atoms with van der Waals surface area (Å²) in [6.45, 7) is 5.33. The summed E-state index contributed by atoms with van der Waals surface area (Å²) < 4.78 is 26.6. The monoisotopic (exact) mass is 490 g/mol. The zero-order valence-electron chi connectivity index (χ0n) is 21.6. The van der Waals surface area contributed by atoms with Crippen molar-refractivity contribution >= 4 is 5.97 Å². The highest BCUT2D eigenvalue weighted by molar-refractivity contribution is 5.68. The molecule has 0 aliphatic rings. The molecule has 0 aliphatic heterocycles. The third-order valence-electron chi connectivity index (χ3n) is 5.33. The van der Waals surface area contributed by atoms with Gasteiger partial charge >= 0.3 is 5.97 Å². The van der Waals surface area contributed by atoms with Gasteiger partial charge in [-0.05, 0) is 32.1 Å². The van der Waals surface area contributed by atoms with Gasteiger partial charge in [0.05, 0.1) is 72.2 Å². The fraction of sp³-hybridized carbons (Fsp3) is 0.885. The molecule has 0 saturated heterocycles. The molecule has 2 atom stereocenters. The average molecular weight is 491 g/mol. The van der Waals surface area contributed by atoms with Crippen LogP contribution in [0.25, 0.3) is 0 Å². The van der Waals surface area contributed by atoms with Crippen LogP contribution in [-0.4, -0.2) is 88.4 Å². The van der Waals surface area contributed by atoms with Gasteiger partial charge in [-0.3, -0.25) is 4.79 Å². The van der Waals surface area contributed by atoms with E-state index >= 15 is 0 Å². The number of carbonyl (C=O) groups excluding carboxylic acids is 1. The van der Waals surface area contributed by atoms with Crippen molar-refractivity contribution in [2.45, 2.75) is 89.8 Å². The summed E-state index contributed by atoms with van der Waals surface area (Å²) in [5.41, 5.74) is 0. The van der Waals surface area contributed by atoms with E-state index in [0.29, 0.717) is 59.1 Å². The van der Waals surface area contributed by atoms with Crippen LogP contribution in [0.3, 0.4) is 0 Å². The average Bonchev–Trinajstić information content (AvgIpc) is 2.85. The minimum atomic E-state index is -0.511. The summed E-state index contributed by atoms with van der Waals surface area (Å²) in [4.78, 5) is 11.1. The maximum atomic E-state index is 11.1. The number of aliphatic hydroxyl groups excluding tert-OH is 2. The molecule has 8 nitrogen and oxygen atoms in total. The molecule has 2 N–H and O–H groups in total. The molecule has 8 heteroatoms. The molecule has 34 heavy (non-hydrogen) atoms. The minimum Gasteiger partial charge on any atom is -0.469 e. The van der Waals surface area contributed by atoms with E-state index in [1.807, 2.05) is 0 Å². The molecule has 0 spiro atoms. The van der Waals surface area contributed by atoms with Crippen LogP contribution in [0, 0.1) is 0 Å². The summed E-state index contributed by atoms with van der Waals surface area (Å²) in [7, 11) is 1.43. The Bertz CT molecular complexity index is 458. The highest BCUT2D eigenvalue weighted by Crippen LogP contribution is 2.14. The minimum absolute atomic E-state index is 0.0230. The molecule has 0 aromatic carbocycles. The molecule has 0 rings (SSSR count). The van der Waals surface area contributed by atoms with Crippen LogP contribution in [0.5, 0.6) is 0 Å². The van der Waals surface area contributed by atoms with E-state index in [0.717, 1.165) is 57.8 Å². The maximum Gasteiger partial charge on any atom is 0.305 e. The van der Waals surface area contributed by atoms with Crippen molar-refractivity contribution < 1.29 is 38.7 Å². The van der Waals surface area contributed by atoms with Crippen molar-refractivity contribution in [1.29, 1.82) is 0 Å². The van der Waals surface area contributed by atoms with Crippen molar-refractivity contribution in [1.82, 2.24) is 0 Å². The topological polar surface area (TPSA) is 104 Å². The van der Waals surface area contributed by atoms with Crippen molar-refractivity contribution in [2.75, 3.05) is 60.0 Å². The van der Waals surface area contributed by atoms with Crippen LogP contribution in [0.15, 0.2) is 12.2 Å². The number of rotatable bonds is 26. The highest BCUT2D eigenvalue weighted by Gasteiger charge is 2.18. The van der Waals surface area contributed by atoms with Gasteiger partial charge < -0.3 is 33.9 Å². The summed E-state index contributed by atoms with van der Waals surface area (Å²) >= 11 is 0. The Labute approximate surface area is 206 Å². The number of methoxy groups -OCH3 is 1. The molecular weight excluding hydrogens is 440 g/mol. The van der Waals surface area contributed by atoms with Gasteiger partial charge in [0.25, 0.3) is 0 Å². The number of esters is 1. The Kier molecular flexibility index (Phi) is 25.8. The first-order chi connectivity index (χ1) is 16.7. The molecule has 0 bridgehead atoms. The lowest BCUT2D eigenvalue weighted by atomic mass is 10.0. The Morgan fingerprint density at radius 1 is 0.824 bits per heavy atom. The molecule has 0 saturated carbocycles. The summed E-state index contributed by atoms with van der Waals surface area (Å²) in [5.74, 6) is -0.127. The van der Waals surface area contributed by atoms with E-state index in [9.17, 15) is 9.90 Å². The van der Waals surface area contributed by atoms with Gasteiger partial charge in [0.15, 0.2) is 0 Å². The van der Waals surface area contributed by atoms with Gasteiger partial charge in [-0.1, -0.05) is 51.2 Å². The van der Waals surface area contributed by atoms with E-state index in [1.54, 1.807) is 0 Å². The van der Waals surface area contributed by atoms with Crippen molar-refractivity contribution in [3.63, 3.8) is 0 Å². The number of hydrogen-bond acceptors (Lipinski definition) is 8. The largest absolute Gasteiger partial charge is 0.469 e. The van der Waals surface area contributed by atoms with Crippen molar-refractivity contribution in [2.24, 2.45) is 0 Å². The summed E-state index contributed by atoms with van der Waals surface area (Å²) in [6.07, 6.45) is 13.9. The van der Waals surface area contributed by atoms with Gasteiger partial charge in [-0.2, -0.15) is 0 Å². The first-order valence-electron chi connectivity index (χ1n) is 13.0. The zero-order chi connectivity index (χ0) is 25.1. The van der Waals surface area contributed by atoms with Gasteiger partial charge in [0.2, 0.25) is 0 Å². The van der Waals surface area contributed by atoms with Gasteiger partial charge in [0, 0.05) is 6.42 Å². The molecule has 0 radical (unpaired) electrons. The zero-order valence-corrected chi connectivity index (χ0v) is 21.6. The standard InChI is InChI=1S/C26H50O8/c1-3-4-14-25(34-23-22-33-21-20-32-19-18-31-17-16-27)24(28)13-11-9-7-5-6-8-10-12-15-26(29)30-2/h9,11,24-25,27-28H,3-8,10,12-23H2,1-2H3/b11-9-/t24-,25+/m1/s1. The van der Waals surface area contributed by atoms with Crippen LogP contribution in [0.4, 0.5) is 0 Å². The van der Waals surface area contributed by atoms with Crippen LogP contribution < -0.4 is 0 Å². The Balaban J connectivity index is 3.80. The number of carbonyl (C=O) groups is 1. The number of unbranched alkanes of at least 4 members (excludes halogenated alkanes) is 6. The lowest BCUT2D eigenvalue weighted by Gasteiger charge is -2.22. The molecular formula is C26H50O8. The predicted molar refractivity (Wildman–Crippen MR) is 133 cm³/mol. The van der Waals surface area contributed by atoms with E-state index in [-0.39, 0.29) is 18.7 Å². The van der Waals surface area contributed by atoms with E-state index in [2.05, 4.69) is 23.8 Å². The molecule has 202 valence electrons. The van der Waals surface area contributed by atoms with Crippen LogP contribution >= 0.6 is 0 Å². The normalized spacial score (nSPS) is 13.4. The van der Waals surface area contributed by atoms with Crippen molar-refractivity contribution in [3.8, 4) is 0 Å². The van der Waals surface area contributed by atoms with Crippen LogP contribution in [-0.2, 0) is 28.5 Å². The Morgan fingerprint density at radius 3 is 2.09 bits per heavy atom. The van der Waals surface area contributed by atoms with Gasteiger partial charge in [0.1, 0.15) is 0 Å². The molecule has 0 aromatic rings. The second-order valence-corrected chi connectivity index (χ2v) is 8.27. The molecule has 0 unspecified atom stereocenters. The third-order valence-corrected chi connectivity index (χ3v) is 5.33. The molecule has 0 aromatic heterocycles. The second-order valence-electron chi connectivity index (χ2n) is 8.27. The number of aliphatic hydroxyl groups is 2. The highest BCUT2D eigenvalue weighted by atomic mass is 16.6. The lowest BCUT2D eigenvalue weighted by molar-refractivity contribution is -0.140. The Morgan fingerprint density at radius 2 is 1.44 bits per heavy atom. The number of allylic oxidation sites excluding steroid dienone is 1. The molecule has 0 heterocycles. The summed E-state index contributed by atoms with van der Waals surface area (Å²) in [5, 5.41) is 19.2. The first kappa shape index (κ1) is 33.0. The molecule has 0 amide bonds. The number of hydrogen-bond donors (Lipinski definition) is 2. The van der Waals surface area contributed by atoms with E-state index < -0.39 is 6.10 Å². The van der Waals surface area contributed by atoms with E-state index in [1.165, 1.54) is 7.11 Å². The van der Waals surface area contributed by atoms with Gasteiger partial charge in [-0.25, -0.2) is 0 Å². The quantitative estimate of drug-likeness (QED) is 0.107. The Hall–Kier alpha value is -1.03. The fourth-order valence-corrected chi connectivity index (χ4v) is 3.33. The summed E-state index contributed by atoms with van der Waals surface area (Å²) in [6, 6.07) is 0. The van der Waals surface area contributed by atoms with E-state index in [4.69, 9.17) is 24.1 Å². The molecule has 0 fully saturated rings. The molecule has 0 aliphatic carbocycles.